The van der Waals surface area contributed by atoms with Crippen LogP contribution in [-0.4, -0.2) is 73.2 Å². The Kier molecular flexibility index (Phi) is 5.64. The van der Waals surface area contributed by atoms with Gasteiger partial charge in [0.15, 0.2) is 11.5 Å². The van der Waals surface area contributed by atoms with Crippen molar-refractivity contribution in [2.24, 2.45) is 11.8 Å². The fourth-order valence-electron chi connectivity index (χ4n) is 5.52. The molecule has 158 valence electrons. The van der Waals surface area contributed by atoms with Crippen LogP contribution in [0.15, 0.2) is 18.2 Å². The Morgan fingerprint density at radius 3 is 2.52 bits per heavy atom. The number of piperazine rings is 1. The Morgan fingerprint density at radius 2 is 1.66 bits per heavy atom. The third kappa shape index (κ3) is 4.38. The van der Waals surface area contributed by atoms with E-state index in [0.29, 0.717) is 19.2 Å². The molecule has 2 saturated heterocycles. The highest BCUT2D eigenvalue weighted by atomic mass is 16.7. The highest BCUT2D eigenvalue weighted by Crippen LogP contribution is 2.36. The number of hydrogen-bond donors (Lipinski definition) is 0. The van der Waals surface area contributed by atoms with Crippen molar-refractivity contribution in [2.75, 3.05) is 52.6 Å². The first-order chi connectivity index (χ1) is 14.2. The molecule has 0 spiro atoms. The van der Waals surface area contributed by atoms with Crippen LogP contribution >= 0.6 is 0 Å². The number of ether oxygens (including phenoxy) is 2. The van der Waals surface area contributed by atoms with Crippen molar-refractivity contribution in [3.63, 3.8) is 0 Å². The zero-order chi connectivity index (χ0) is 19.6. The second-order valence-corrected chi connectivity index (χ2v) is 9.17. The summed E-state index contributed by atoms with van der Waals surface area (Å²) < 4.78 is 10.9. The van der Waals surface area contributed by atoms with Crippen LogP contribution in [0.25, 0.3) is 0 Å². The van der Waals surface area contributed by atoms with Gasteiger partial charge in [0.25, 0.3) is 0 Å². The Balaban J connectivity index is 1.07. The van der Waals surface area contributed by atoms with E-state index in [1.54, 1.807) is 0 Å². The van der Waals surface area contributed by atoms with Crippen LogP contribution in [0.3, 0.4) is 0 Å². The number of piperidine rings is 1. The molecule has 29 heavy (non-hydrogen) atoms. The third-order valence-electron chi connectivity index (χ3n) is 7.31. The normalized spacial score (nSPS) is 27.7. The number of rotatable bonds is 4. The molecule has 0 radical (unpaired) electrons. The van der Waals surface area contributed by atoms with Gasteiger partial charge in [-0.2, -0.15) is 0 Å². The minimum absolute atomic E-state index is 0.323. The van der Waals surface area contributed by atoms with E-state index in [4.69, 9.17) is 9.47 Å². The lowest BCUT2D eigenvalue weighted by Crippen LogP contribution is -2.52. The first kappa shape index (κ1) is 19.2. The summed E-state index contributed by atoms with van der Waals surface area (Å²) in [4.78, 5) is 19.8. The van der Waals surface area contributed by atoms with Crippen molar-refractivity contribution in [3.8, 4) is 11.5 Å². The maximum atomic E-state index is 12.9. The van der Waals surface area contributed by atoms with Crippen LogP contribution in [0.5, 0.6) is 11.5 Å². The first-order valence-corrected chi connectivity index (χ1v) is 11.4. The zero-order valence-electron chi connectivity index (χ0n) is 17.4. The van der Waals surface area contributed by atoms with E-state index in [2.05, 4.69) is 26.8 Å². The van der Waals surface area contributed by atoms with Gasteiger partial charge in [0, 0.05) is 45.8 Å². The molecule has 5 rings (SSSR count). The molecule has 3 aliphatic heterocycles. The predicted octanol–water partition coefficient (Wildman–Crippen LogP) is 2.57. The van der Waals surface area contributed by atoms with Crippen LogP contribution in [-0.2, 0) is 11.3 Å². The topological polar surface area (TPSA) is 45.3 Å². The fourth-order valence-corrected chi connectivity index (χ4v) is 5.52. The summed E-state index contributed by atoms with van der Waals surface area (Å²) >= 11 is 0. The summed E-state index contributed by atoms with van der Waals surface area (Å²) in [5.41, 5.74) is 1.26. The minimum atomic E-state index is 0.323. The molecule has 6 nitrogen and oxygen atoms in total. The van der Waals surface area contributed by atoms with E-state index in [9.17, 15) is 4.79 Å². The molecule has 0 N–H and O–H groups in total. The molecule has 6 heteroatoms. The van der Waals surface area contributed by atoms with Crippen LogP contribution in [0.1, 0.15) is 37.7 Å². The second kappa shape index (κ2) is 8.52. The maximum Gasteiger partial charge on any atom is 0.236 e. The molecule has 3 heterocycles. The van der Waals surface area contributed by atoms with Gasteiger partial charge in [0.2, 0.25) is 12.7 Å². The molecule has 1 aromatic carbocycles. The summed E-state index contributed by atoms with van der Waals surface area (Å²) in [5, 5.41) is 0. The number of nitrogens with zero attached hydrogens (tertiary/aromatic N) is 3. The molecule has 2 atom stereocenters. The Labute approximate surface area is 173 Å². The van der Waals surface area contributed by atoms with Crippen molar-refractivity contribution in [3.05, 3.63) is 23.8 Å². The number of amides is 1. The zero-order valence-corrected chi connectivity index (χ0v) is 17.4. The summed E-state index contributed by atoms with van der Waals surface area (Å²) in [7, 11) is 0. The van der Waals surface area contributed by atoms with Gasteiger partial charge < -0.3 is 14.4 Å². The van der Waals surface area contributed by atoms with Gasteiger partial charge in [0.1, 0.15) is 0 Å². The Morgan fingerprint density at radius 1 is 0.897 bits per heavy atom. The molecule has 1 amide bonds. The number of carbonyl (C=O) groups excluding carboxylic acids is 1. The lowest BCUT2D eigenvalue weighted by Gasteiger charge is -2.42. The summed E-state index contributed by atoms with van der Waals surface area (Å²) in [5.74, 6) is 3.69. The largest absolute Gasteiger partial charge is 0.454 e. The number of likely N-dealkylation sites (tertiary alicyclic amines) is 1. The highest BCUT2D eigenvalue weighted by molar-refractivity contribution is 5.78. The third-order valence-corrected chi connectivity index (χ3v) is 7.31. The molecular weight excluding hydrogens is 366 g/mol. The van der Waals surface area contributed by atoms with Gasteiger partial charge in [-0.25, -0.2) is 0 Å². The highest BCUT2D eigenvalue weighted by Gasteiger charge is 2.33. The van der Waals surface area contributed by atoms with Crippen molar-refractivity contribution in [1.29, 1.82) is 0 Å². The fraction of sp³-hybridized carbons (Fsp3) is 0.696. The summed E-state index contributed by atoms with van der Waals surface area (Å²) in [6.45, 7) is 7.77. The average molecular weight is 400 g/mol. The van der Waals surface area contributed by atoms with E-state index in [1.165, 1.54) is 37.7 Å². The van der Waals surface area contributed by atoms with Crippen LogP contribution in [0.4, 0.5) is 0 Å². The summed E-state index contributed by atoms with van der Waals surface area (Å²) in [6, 6.07) is 6.22. The molecule has 4 aliphatic rings. The molecule has 0 bridgehead atoms. The number of hydrogen-bond acceptors (Lipinski definition) is 5. The van der Waals surface area contributed by atoms with Crippen molar-refractivity contribution in [2.45, 2.75) is 38.6 Å². The van der Waals surface area contributed by atoms with Gasteiger partial charge in [-0.3, -0.25) is 14.6 Å². The molecule has 0 unspecified atom stereocenters. The predicted molar refractivity (Wildman–Crippen MR) is 111 cm³/mol. The molecular formula is C23H33N3O3. The van der Waals surface area contributed by atoms with Gasteiger partial charge >= 0.3 is 0 Å². The van der Waals surface area contributed by atoms with Gasteiger partial charge in [-0.1, -0.05) is 25.3 Å². The first-order valence-electron chi connectivity index (χ1n) is 11.4. The van der Waals surface area contributed by atoms with E-state index in [-0.39, 0.29) is 0 Å². The number of carbonyl (C=O) groups is 1. The monoisotopic (exact) mass is 399 g/mol. The lowest BCUT2D eigenvalue weighted by atomic mass is 9.75. The molecule has 0 aromatic heterocycles. The Hall–Kier alpha value is -1.79. The van der Waals surface area contributed by atoms with E-state index >= 15 is 0 Å². The smallest absolute Gasteiger partial charge is 0.236 e. The lowest BCUT2D eigenvalue weighted by molar-refractivity contribution is -0.136. The molecule has 1 saturated carbocycles. The van der Waals surface area contributed by atoms with Crippen LogP contribution < -0.4 is 9.47 Å². The van der Waals surface area contributed by atoms with Gasteiger partial charge in [0.05, 0.1) is 6.54 Å². The van der Waals surface area contributed by atoms with Crippen LogP contribution in [0, 0.1) is 11.8 Å². The van der Waals surface area contributed by atoms with E-state index < -0.39 is 0 Å². The number of benzene rings is 1. The van der Waals surface area contributed by atoms with Crippen molar-refractivity contribution < 1.29 is 14.3 Å². The number of fused-ring (bicyclic) bond motifs is 2. The SMILES string of the molecule is O=C(CN1CCN(Cc2ccc3c(c2)OCO3)CC1)N1CC[C@@H]2CCCC[C@H]2C1. The quantitative estimate of drug-likeness (QED) is 0.779. The maximum absolute atomic E-state index is 12.9. The second-order valence-electron chi connectivity index (χ2n) is 9.17. The van der Waals surface area contributed by atoms with Gasteiger partial charge in [-0.15, -0.1) is 0 Å². The average Bonchev–Trinajstić information content (AvgIpc) is 3.23. The van der Waals surface area contributed by atoms with Gasteiger partial charge in [-0.05, 0) is 42.4 Å². The van der Waals surface area contributed by atoms with Crippen molar-refractivity contribution in [1.82, 2.24) is 14.7 Å². The molecule has 1 aliphatic carbocycles. The standard InChI is InChI=1S/C23H33N3O3/c27-23(26-8-7-19-3-1-2-4-20(19)15-26)16-25-11-9-24(10-12-25)14-18-5-6-21-22(13-18)29-17-28-21/h5-6,13,19-20H,1-4,7-12,14-17H2/t19-,20-/m0/s1. The van der Waals surface area contributed by atoms with E-state index in [1.807, 2.05) is 6.07 Å². The van der Waals surface area contributed by atoms with E-state index in [0.717, 1.165) is 69.1 Å². The molecule has 1 aromatic rings. The molecule has 3 fully saturated rings. The summed E-state index contributed by atoms with van der Waals surface area (Å²) in [6.07, 6.45) is 6.69. The van der Waals surface area contributed by atoms with Crippen LogP contribution in [0.2, 0.25) is 0 Å². The van der Waals surface area contributed by atoms with Crippen molar-refractivity contribution >= 4 is 5.91 Å². The Bertz CT molecular complexity index is 732. The minimum Gasteiger partial charge on any atom is -0.454 e.